The van der Waals surface area contributed by atoms with E-state index >= 15 is 0 Å². The lowest BCUT2D eigenvalue weighted by Crippen LogP contribution is -2.51. The van der Waals surface area contributed by atoms with Gasteiger partial charge in [0.2, 0.25) is 5.91 Å². The van der Waals surface area contributed by atoms with E-state index in [1.54, 1.807) is 11.1 Å². The second kappa shape index (κ2) is 6.74. The number of nitrogens with one attached hydrogen (secondary N) is 1. The Morgan fingerprint density at radius 1 is 1.30 bits per heavy atom. The summed E-state index contributed by atoms with van der Waals surface area (Å²) in [5.41, 5.74) is 0. The predicted molar refractivity (Wildman–Crippen MR) is 73.4 cm³/mol. The molecule has 1 N–H and O–H groups in total. The maximum absolute atomic E-state index is 11.9. The van der Waals surface area contributed by atoms with Crippen LogP contribution in [-0.4, -0.2) is 61.7 Å². The zero-order valence-electron chi connectivity index (χ0n) is 11.4. The fourth-order valence-electron chi connectivity index (χ4n) is 2.06. The number of nitrogens with zero attached hydrogens (tertiary/aromatic N) is 3. The zero-order valence-corrected chi connectivity index (χ0v) is 11.4. The molecule has 2 amide bonds. The summed E-state index contributed by atoms with van der Waals surface area (Å²) in [5, 5.41) is 2.39. The van der Waals surface area contributed by atoms with Gasteiger partial charge in [0.1, 0.15) is 12.4 Å². The molecule has 0 spiro atoms. The Bertz CT molecular complexity index is 458. The smallest absolute Gasteiger partial charge is 0.407 e. The van der Waals surface area contributed by atoms with Crippen molar-refractivity contribution in [3.63, 3.8) is 0 Å². The summed E-state index contributed by atoms with van der Waals surface area (Å²) in [7, 11) is 1.27. The molecule has 0 aliphatic carbocycles. The molecule has 0 bridgehead atoms. The second-order valence-electron chi connectivity index (χ2n) is 4.40. The van der Waals surface area contributed by atoms with Crippen LogP contribution in [0.15, 0.2) is 24.4 Å². The molecule has 0 radical (unpaired) electrons. The van der Waals surface area contributed by atoms with Crippen LogP contribution in [0, 0.1) is 0 Å². The third kappa shape index (κ3) is 3.59. The Morgan fingerprint density at radius 2 is 2.05 bits per heavy atom. The maximum Gasteiger partial charge on any atom is 0.407 e. The average Bonchev–Trinajstić information content (AvgIpc) is 2.53. The number of methoxy groups -OCH3 is 1. The Balaban J connectivity index is 1.79. The van der Waals surface area contributed by atoms with Gasteiger partial charge in [0, 0.05) is 32.4 Å². The van der Waals surface area contributed by atoms with Crippen LogP contribution in [0.3, 0.4) is 0 Å². The van der Waals surface area contributed by atoms with E-state index in [2.05, 4.69) is 19.9 Å². The van der Waals surface area contributed by atoms with Crippen molar-refractivity contribution in [3.8, 4) is 0 Å². The van der Waals surface area contributed by atoms with Crippen molar-refractivity contribution in [1.29, 1.82) is 0 Å². The predicted octanol–water partition coefficient (Wildman–Crippen LogP) is 0.0862. The van der Waals surface area contributed by atoms with Gasteiger partial charge in [-0.15, -0.1) is 0 Å². The maximum atomic E-state index is 11.9. The molecule has 1 fully saturated rings. The number of hydrogen-bond acceptors (Lipinski definition) is 5. The van der Waals surface area contributed by atoms with Crippen LogP contribution >= 0.6 is 0 Å². The molecule has 0 unspecified atom stereocenters. The Kier molecular flexibility index (Phi) is 4.75. The number of carbonyl (C=O) groups is 2. The number of pyridine rings is 1. The molecule has 2 rings (SSSR count). The fraction of sp³-hybridized carbons (Fsp3) is 0.462. The van der Waals surface area contributed by atoms with E-state index < -0.39 is 6.09 Å². The average molecular weight is 278 g/mol. The van der Waals surface area contributed by atoms with Gasteiger partial charge in [-0.05, 0) is 12.1 Å². The molecule has 1 saturated heterocycles. The number of hydrogen-bond donors (Lipinski definition) is 1. The lowest BCUT2D eigenvalue weighted by Gasteiger charge is -2.35. The highest BCUT2D eigenvalue weighted by Crippen LogP contribution is 2.12. The first-order valence-electron chi connectivity index (χ1n) is 6.46. The van der Waals surface area contributed by atoms with E-state index in [9.17, 15) is 9.59 Å². The number of ether oxygens (including phenoxy) is 1. The molecule has 0 atom stereocenters. The molecule has 7 nitrogen and oxygen atoms in total. The number of piperazine rings is 1. The third-order valence-electron chi connectivity index (χ3n) is 3.17. The van der Waals surface area contributed by atoms with Crippen LogP contribution in [-0.2, 0) is 9.53 Å². The summed E-state index contributed by atoms with van der Waals surface area (Å²) < 4.78 is 4.43. The Labute approximate surface area is 117 Å². The lowest BCUT2D eigenvalue weighted by atomic mass is 10.3. The van der Waals surface area contributed by atoms with Gasteiger partial charge >= 0.3 is 6.09 Å². The van der Waals surface area contributed by atoms with E-state index in [1.807, 2.05) is 18.2 Å². The SMILES string of the molecule is COC(=O)NCC(=O)N1CCN(c2ccccn2)CC1. The van der Waals surface area contributed by atoms with Crippen molar-refractivity contribution in [2.45, 2.75) is 0 Å². The number of alkyl carbamates (subject to hydrolysis) is 1. The molecule has 108 valence electrons. The van der Waals surface area contributed by atoms with E-state index in [0.717, 1.165) is 18.9 Å². The van der Waals surface area contributed by atoms with E-state index in [-0.39, 0.29) is 12.5 Å². The highest BCUT2D eigenvalue weighted by atomic mass is 16.5. The van der Waals surface area contributed by atoms with Gasteiger partial charge in [-0.2, -0.15) is 0 Å². The van der Waals surface area contributed by atoms with Crippen LogP contribution in [0.4, 0.5) is 10.6 Å². The summed E-state index contributed by atoms with van der Waals surface area (Å²) in [6, 6.07) is 5.78. The minimum atomic E-state index is -0.592. The second-order valence-corrected chi connectivity index (χ2v) is 4.40. The minimum absolute atomic E-state index is 0.0315. The molecule has 0 aromatic carbocycles. The standard InChI is InChI=1S/C13H18N4O3/c1-20-13(19)15-10-12(18)17-8-6-16(7-9-17)11-4-2-3-5-14-11/h2-5H,6-10H2,1H3,(H,15,19). The monoisotopic (exact) mass is 278 g/mol. The summed E-state index contributed by atoms with van der Waals surface area (Å²) >= 11 is 0. The first kappa shape index (κ1) is 14.1. The summed E-state index contributed by atoms with van der Waals surface area (Å²) in [4.78, 5) is 31.0. The molecule has 2 heterocycles. The van der Waals surface area contributed by atoms with Gasteiger partial charge in [0.15, 0.2) is 0 Å². The lowest BCUT2D eigenvalue weighted by molar-refractivity contribution is -0.130. The molecule has 1 aromatic heterocycles. The normalized spacial score (nSPS) is 14.8. The molecular weight excluding hydrogens is 260 g/mol. The van der Waals surface area contributed by atoms with E-state index in [4.69, 9.17) is 0 Å². The summed E-state index contributed by atoms with van der Waals surface area (Å²) in [5.74, 6) is 0.823. The fourth-order valence-corrected chi connectivity index (χ4v) is 2.06. The van der Waals surface area contributed by atoms with Crippen LogP contribution in [0.2, 0.25) is 0 Å². The molecule has 1 aromatic rings. The van der Waals surface area contributed by atoms with Crippen molar-refractivity contribution in [2.24, 2.45) is 0 Å². The van der Waals surface area contributed by atoms with Crippen molar-refractivity contribution >= 4 is 17.8 Å². The summed E-state index contributed by atoms with van der Waals surface area (Å²) in [6.45, 7) is 2.69. The molecule has 7 heteroatoms. The van der Waals surface area contributed by atoms with Crippen LogP contribution in [0.1, 0.15) is 0 Å². The van der Waals surface area contributed by atoms with Crippen molar-refractivity contribution in [1.82, 2.24) is 15.2 Å². The third-order valence-corrected chi connectivity index (χ3v) is 3.17. The molecule has 0 saturated carbocycles. The van der Waals surface area contributed by atoms with Gasteiger partial charge in [-0.3, -0.25) is 4.79 Å². The zero-order chi connectivity index (χ0) is 14.4. The van der Waals surface area contributed by atoms with Gasteiger partial charge in [0.25, 0.3) is 0 Å². The van der Waals surface area contributed by atoms with Gasteiger partial charge in [-0.25, -0.2) is 9.78 Å². The Morgan fingerprint density at radius 3 is 2.65 bits per heavy atom. The highest BCUT2D eigenvalue weighted by Gasteiger charge is 2.21. The number of anilines is 1. The van der Waals surface area contributed by atoms with Crippen LogP contribution < -0.4 is 10.2 Å². The first-order valence-corrected chi connectivity index (χ1v) is 6.46. The van der Waals surface area contributed by atoms with Crippen molar-refractivity contribution in [2.75, 3.05) is 44.7 Å². The summed E-state index contributed by atoms with van der Waals surface area (Å²) in [6.07, 6.45) is 1.16. The number of carbonyl (C=O) groups excluding carboxylic acids is 2. The topological polar surface area (TPSA) is 74.8 Å². The molecule has 1 aliphatic heterocycles. The molecule has 20 heavy (non-hydrogen) atoms. The molecular formula is C13H18N4O3. The number of amides is 2. The Hall–Kier alpha value is -2.31. The van der Waals surface area contributed by atoms with Crippen molar-refractivity contribution < 1.29 is 14.3 Å². The number of aromatic nitrogens is 1. The number of rotatable bonds is 3. The highest BCUT2D eigenvalue weighted by molar-refractivity contribution is 5.82. The first-order chi connectivity index (χ1) is 9.70. The van der Waals surface area contributed by atoms with Gasteiger partial charge < -0.3 is 19.9 Å². The minimum Gasteiger partial charge on any atom is -0.453 e. The largest absolute Gasteiger partial charge is 0.453 e. The van der Waals surface area contributed by atoms with Crippen molar-refractivity contribution in [3.05, 3.63) is 24.4 Å². The van der Waals surface area contributed by atoms with E-state index in [0.29, 0.717) is 13.1 Å². The quantitative estimate of drug-likeness (QED) is 0.848. The van der Waals surface area contributed by atoms with Gasteiger partial charge in [-0.1, -0.05) is 6.07 Å². The van der Waals surface area contributed by atoms with E-state index in [1.165, 1.54) is 7.11 Å². The van der Waals surface area contributed by atoms with Crippen LogP contribution in [0.5, 0.6) is 0 Å². The van der Waals surface area contributed by atoms with Crippen LogP contribution in [0.25, 0.3) is 0 Å². The molecule has 1 aliphatic rings. The van der Waals surface area contributed by atoms with Gasteiger partial charge in [0.05, 0.1) is 7.11 Å².